The van der Waals surface area contributed by atoms with Crippen molar-refractivity contribution in [2.45, 2.75) is 18.7 Å². The molecule has 27 heavy (non-hydrogen) atoms. The zero-order chi connectivity index (χ0) is 20.0. The van der Waals surface area contributed by atoms with Crippen molar-refractivity contribution in [1.29, 1.82) is 0 Å². The van der Waals surface area contributed by atoms with Gasteiger partial charge in [0, 0.05) is 5.69 Å². The number of carbonyl (C=O) groups is 2. The molecule has 1 amide bonds. The average molecular weight is 394 g/mol. The number of hydrogen-bond donors (Lipinski definition) is 2. The van der Waals surface area contributed by atoms with Crippen molar-refractivity contribution < 1.29 is 27.1 Å². The zero-order valence-electron chi connectivity index (χ0n) is 14.8. The first-order valence-corrected chi connectivity index (χ1v) is 9.54. The molecule has 0 bridgehead atoms. The number of rotatable bonds is 7. The Morgan fingerprint density at radius 1 is 1.11 bits per heavy atom. The van der Waals surface area contributed by atoms with E-state index in [1.165, 1.54) is 31.2 Å². The molecule has 0 atom stereocenters. The number of amides is 1. The van der Waals surface area contributed by atoms with Crippen LogP contribution in [-0.4, -0.2) is 33.4 Å². The van der Waals surface area contributed by atoms with Gasteiger partial charge in [-0.05, 0) is 61.9 Å². The number of carbonyl (C=O) groups excluding carboxylic acids is 2. The highest BCUT2D eigenvalue weighted by atomic mass is 32.2. The molecule has 0 unspecified atom stereocenters. The molecule has 0 aliphatic carbocycles. The molecule has 2 rings (SSSR count). The van der Waals surface area contributed by atoms with Gasteiger partial charge >= 0.3 is 5.97 Å². The lowest BCUT2D eigenvalue weighted by atomic mass is 10.2. The number of halogens is 1. The second-order valence-electron chi connectivity index (χ2n) is 5.58. The van der Waals surface area contributed by atoms with Gasteiger partial charge < -0.3 is 10.1 Å². The lowest BCUT2D eigenvalue weighted by Gasteiger charge is -2.10. The minimum absolute atomic E-state index is 0.101. The molecule has 0 heterocycles. The van der Waals surface area contributed by atoms with Gasteiger partial charge in [0.15, 0.2) is 0 Å². The van der Waals surface area contributed by atoms with Crippen LogP contribution in [-0.2, 0) is 19.6 Å². The third-order valence-electron chi connectivity index (χ3n) is 3.53. The van der Waals surface area contributed by atoms with E-state index in [1.807, 2.05) is 0 Å². The van der Waals surface area contributed by atoms with E-state index in [2.05, 4.69) is 10.0 Å². The van der Waals surface area contributed by atoms with Crippen LogP contribution in [0, 0.1) is 12.7 Å². The Hall–Kier alpha value is -2.78. The third-order valence-corrected chi connectivity index (χ3v) is 5.09. The average Bonchev–Trinajstić information content (AvgIpc) is 2.60. The molecule has 0 saturated heterocycles. The minimum atomic E-state index is -3.96. The maximum absolute atomic E-state index is 13.1. The first-order valence-electron chi connectivity index (χ1n) is 8.06. The van der Waals surface area contributed by atoms with Crippen LogP contribution in [0.1, 0.15) is 22.8 Å². The van der Waals surface area contributed by atoms with Gasteiger partial charge in [-0.2, -0.15) is 0 Å². The van der Waals surface area contributed by atoms with E-state index < -0.39 is 34.3 Å². The fourth-order valence-electron chi connectivity index (χ4n) is 2.26. The highest BCUT2D eigenvalue weighted by Gasteiger charge is 2.18. The summed E-state index contributed by atoms with van der Waals surface area (Å²) in [6, 6.07) is 9.25. The Balaban J connectivity index is 1.96. The lowest BCUT2D eigenvalue weighted by molar-refractivity contribution is -0.115. The molecular formula is C18H19FN2O5S. The van der Waals surface area contributed by atoms with E-state index in [-0.39, 0.29) is 17.1 Å². The lowest BCUT2D eigenvalue weighted by Crippen LogP contribution is -2.33. The first-order chi connectivity index (χ1) is 12.7. The van der Waals surface area contributed by atoms with Gasteiger partial charge in [-0.1, -0.05) is 0 Å². The SMILES string of the molecule is CCOC(=O)c1ccc(NC(=O)CNS(=O)(=O)c2ccc(F)cc2C)cc1. The van der Waals surface area contributed by atoms with Crippen molar-refractivity contribution in [2.24, 2.45) is 0 Å². The molecular weight excluding hydrogens is 375 g/mol. The summed E-state index contributed by atoms with van der Waals surface area (Å²) in [5.74, 6) is -1.62. The van der Waals surface area contributed by atoms with Crippen LogP contribution in [0.25, 0.3) is 0 Å². The van der Waals surface area contributed by atoms with Crippen molar-refractivity contribution in [1.82, 2.24) is 4.72 Å². The Morgan fingerprint density at radius 3 is 2.37 bits per heavy atom. The Morgan fingerprint density at radius 2 is 1.78 bits per heavy atom. The molecule has 0 fully saturated rings. The van der Waals surface area contributed by atoms with Gasteiger partial charge in [-0.15, -0.1) is 0 Å². The van der Waals surface area contributed by atoms with E-state index in [9.17, 15) is 22.4 Å². The summed E-state index contributed by atoms with van der Waals surface area (Å²) in [6.07, 6.45) is 0. The van der Waals surface area contributed by atoms with Crippen molar-refractivity contribution in [2.75, 3.05) is 18.5 Å². The van der Waals surface area contributed by atoms with Gasteiger partial charge in [-0.3, -0.25) is 4.79 Å². The maximum atomic E-state index is 13.1. The summed E-state index contributed by atoms with van der Waals surface area (Å²) < 4.78 is 44.6. The summed E-state index contributed by atoms with van der Waals surface area (Å²) in [7, 11) is -3.96. The van der Waals surface area contributed by atoms with Crippen LogP contribution in [0.3, 0.4) is 0 Å². The zero-order valence-corrected chi connectivity index (χ0v) is 15.6. The molecule has 144 valence electrons. The minimum Gasteiger partial charge on any atom is -0.462 e. The first kappa shape index (κ1) is 20.5. The van der Waals surface area contributed by atoms with Gasteiger partial charge in [0.2, 0.25) is 15.9 Å². The van der Waals surface area contributed by atoms with E-state index in [4.69, 9.17) is 4.74 Å². The second kappa shape index (κ2) is 8.74. The quantitative estimate of drug-likeness (QED) is 0.701. The molecule has 0 saturated carbocycles. The number of benzene rings is 2. The van der Waals surface area contributed by atoms with Gasteiger partial charge in [-0.25, -0.2) is 22.3 Å². The molecule has 2 aromatic rings. The predicted octanol–water partition coefficient (Wildman–Crippen LogP) is 2.23. The summed E-state index contributed by atoms with van der Waals surface area (Å²) in [5, 5.41) is 2.51. The number of sulfonamides is 1. The summed E-state index contributed by atoms with van der Waals surface area (Å²) in [5.41, 5.74) is 0.963. The van der Waals surface area contributed by atoms with Gasteiger partial charge in [0.1, 0.15) is 5.82 Å². The van der Waals surface area contributed by atoms with Gasteiger partial charge in [0.05, 0.1) is 23.6 Å². The predicted molar refractivity (Wildman–Crippen MR) is 97.4 cm³/mol. The Bertz CT molecular complexity index is 943. The molecule has 2 N–H and O–H groups in total. The van der Waals surface area contributed by atoms with Gasteiger partial charge in [0.25, 0.3) is 0 Å². The number of esters is 1. The van der Waals surface area contributed by atoms with Crippen LogP contribution in [0.4, 0.5) is 10.1 Å². The number of aryl methyl sites for hydroxylation is 1. The highest BCUT2D eigenvalue weighted by molar-refractivity contribution is 7.89. The largest absolute Gasteiger partial charge is 0.462 e. The third kappa shape index (κ3) is 5.60. The number of nitrogens with one attached hydrogen (secondary N) is 2. The maximum Gasteiger partial charge on any atom is 0.338 e. The smallest absolute Gasteiger partial charge is 0.338 e. The molecule has 2 aromatic carbocycles. The molecule has 7 nitrogen and oxygen atoms in total. The molecule has 0 spiro atoms. The van der Waals surface area contributed by atoms with E-state index in [0.29, 0.717) is 11.3 Å². The molecule has 9 heteroatoms. The van der Waals surface area contributed by atoms with E-state index >= 15 is 0 Å². The monoisotopic (exact) mass is 394 g/mol. The number of hydrogen-bond acceptors (Lipinski definition) is 5. The van der Waals surface area contributed by atoms with E-state index in [0.717, 1.165) is 18.2 Å². The van der Waals surface area contributed by atoms with Crippen LogP contribution >= 0.6 is 0 Å². The summed E-state index contributed by atoms with van der Waals surface area (Å²) in [6.45, 7) is 2.91. The Kier molecular flexibility index (Phi) is 6.65. The highest BCUT2D eigenvalue weighted by Crippen LogP contribution is 2.16. The van der Waals surface area contributed by atoms with Crippen LogP contribution in [0.15, 0.2) is 47.4 Å². The van der Waals surface area contributed by atoms with Crippen molar-refractivity contribution >= 4 is 27.6 Å². The van der Waals surface area contributed by atoms with Crippen molar-refractivity contribution in [3.05, 3.63) is 59.4 Å². The molecule has 0 aliphatic heterocycles. The second-order valence-corrected chi connectivity index (χ2v) is 7.32. The van der Waals surface area contributed by atoms with Crippen molar-refractivity contribution in [3.63, 3.8) is 0 Å². The topological polar surface area (TPSA) is 102 Å². The van der Waals surface area contributed by atoms with E-state index in [1.54, 1.807) is 6.92 Å². The molecule has 0 radical (unpaired) electrons. The molecule has 0 aromatic heterocycles. The van der Waals surface area contributed by atoms with Crippen LogP contribution in [0.2, 0.25) is 0 Å². The van der Waals surface area contributed by atoms with Crippen LogP contribution < -0.4 is 10.0 Å². The Labute approximate surface area is 156 Å². The van der Waals surface area contributed by atoms with Crippen molar-refractivity contribution in [3.8, 4) is 0 Å². The fourth-order valence-corrected chi connectivity index (χ4v) is 3.47. The summed E-state index contributed by atoms with van der Waals surface area (Å²) in [4.78, 5) is 23.4. The summed E-state index contributed by atoms with van der Waals surface area (Å²) >= 11 is 0. The van der Waals surface area contributed by atoms with Crippen LogP contribution in [0.5, 0.6) is 0 Å². The number of ether oxygens (including phenoxy) is 1. The standard InChI is InChI=1S/C18H19FN2O5S/c1-3-26-18(23)13-4-7-15(8-5-13)21-17(22)11-20-27(24,25)16-9-6-14(19)10-12(16)2/h4-10,20H,3,11H2,1-2H3,(H,21,22). The normalized spacial score (nSPS) is 11.1. The number of anilines is 1. The molecule has 0 aliphatic rings. The fraction of sp³-hybridized carbons (Fsp3) is 0.222.